The second kappa shape index (κ2) is 8.97. The van der Waals surface area contributed by atoms with Crippen LogP contribution in [0.15, 0.2) is 24.3 Å². The topological polar surface area (TPSA) is 70.7 Å². The zero-order chi connectivity index (χ0) is 15.7. The average Bonchev–Trinajstić information content (AvgIpc) is 2.46. The molecule has 0 spiro atoms. The lowest BCUT2D eigenvalue weighted by atomic mass is 10.3. The van der Waals surface area contributed by atoms with Gasteiger partial charge in [0.05, 0.1) is 19.3 Å². The molecule has 1 aromatic carbocycles. The maximum Gasteiger partial charge on any atom is 0.238 e. The van der Waals surface area contributed by atoms with Gasteiger partial charge >= 0.3 is 0 Å². The van der Waals surface area contributed by atoms with Crippen molar-refractivity contribution in [3.63, 3.8) is 0 Å². The Bertz CT molecular complexity index is 477. The molecule has 21 heavy (non-hydrogen) atoms. The van der Waals surface area contributed by atoms with Crippen LogP contribution in [0.2, 0.25) is 0 Å². The zero-order valence-electron chi connectivity index (χ0n) is 12.8. The summed E-state index contributed by atoms with van der Waals surface area (Å²) in [5.74, 6) is 0.459. The summed E-state index contributed by atoms with van der Waals surface area (Å²) >= 11 is 0. The summed E-state index contributed by atoms with van der Waals surface area (Å²) in [6.45, 7) is 5.63. The average molecular weight is 293 g/mol. The van der Waals surface area contributed by atoms with E-state index in [0.29, 0.717) is 24.5 Å². The number of nitrogens with zero attached hydrogens (tertiary/aromatic N) is 1. The van der Waals surface area contributed by atoms with Crippen LogP contribution in [-0.4, -0.2) is 50.0 Å². The highest BCUT2D eigenvalue weighted by molar-refractivity contribution is 5.93. The summed E-state index contributed by atoms with van der Waals surface area (Å²) in [5, 5.41) is 5.55. The van der Waals surface area contributed by atoms with Crippen molar-refractivity contribution in [3.8, 4) is 5.75 Å². The number of anilines is 1. The SMILES string of the molecule is CCN(CCNC(C)=O)CC(=O)Nc1ccccc1OC. The van der Waals surface area contributed by atoms with Gasteiger partial charge in [-0.05, 0) is 18.7 Å². The van der Waals surface area contributed by atoms with Crippen molar-refractivity contribution >= 4 is 17.5 Å². The summed E-state index contributed by atoms with van der Waals surface area (Å²) in [6, 6.07) is 7.28. The molecule has 116 valence electrons. The molecule has 0 aliphatic rings. The number of nitrogens with one attached hydrogen (secondary N) is 2. The van der Waals surface area contributed by atoms with Crippen LogP contribution >= 0.6 is 0 Å². The van der Waals surface area contributed by atoms with Crippen LogP contribution in [0.1, 0.15) is 13.8 Å². The van der Waals surface area contributed by atoms with Gasteiger partial charge in [0.25, 0.3) is 0 Å². The minimum Gasteiger partial charge on any atom is -0.495 e. The molecule has 2 N–H and O–H groups in total. The highest BCUT2D eigenvalue weighted by atomic mass is 16.5. The van der Waals surface area contributed by atoms with Crippen molar-refractivity contribution < 1.29 is 14.3 Å². The molecule has 1 aromatic rings. The third kappa shape index (κ3) is 6.27. The van der Waals surface area contributed by atoms with Gasteiger partial charge in [-0.2, -0.15) is 0 Å². The molecule has 0 saturated heterocycles. The maximum atomic E-state index is 12.1. The van der Waals surface area contributed by atoms with Crippen molar-refractivity contribution in [1.29, 1.82) is 0 Å². The smallest absolute Gasteiger partial charge is 0.238 e. The Labute approximate surface area is 125 Å². The molecule has 1 rings (SSSR count). The van der Waals surface area contributed by atoms with Crippen LogP contribution < -0.4 is 15.4 Å². The molecule has 0 bridgehead atoms. The number of carbonyl (C=O) groups is 2. The monoisotopic (exact) mass is 293 g/mol. The zero-order valence-corrected chi connectivity index (χ0v) is 12.8. The van der Waals surface area contributed by atoms with Crippen LogP contribution in [0.3, 0.4) is 0 Å². The fourth-order valence-electron chi connectivity index (χ4n) is 1.88. The molecule has 0 radical (unpaired) electrons. The third-order valence-electron chi connectivity index (χ3n) is 3.00. The number of hydrogen-bond donors (Lipinski definition) is 2. The number of methoxy groups -OCH3 is 1. The van der Waals surface area contributed by atoms with E-state index in [1.54, 1.807) is 19.2 Å². The van der Waals surface area contributed by atoms with E-state index >= 15 is 0 Å². The summed E-state index contributed by atoms with van der Waals surface area (Å²) in [7, 11) is 1.57. The Morgan fingerprint density at radius 3 is 2.62 bits per heavy atom. The predicted molar refractivity (Wildman–Crippen MR) is 82.4 cm³/mol. The van der Waals surface area contributed by atoms with Gasteiger partial charge in [-0.3, -0.25) is 14.5 Å². The summed E-state index contributed by atoms with van der Waals surface area (Å²) in [4.78, 5) is 24.8. The molecule has 2 amide bonds. The summed E-state index contributed by atoms with van der Waals surface area (Å²) < 4.78 is 5.19. The first kappa shape index (κ1) is 17.0. The molecule has 0 aliphatic heterocycles. The van der Waals surface area contributed by atoms with Gasteiger partial charge in [0.15, 0.2) is 0 Å². The molecule has 0 fully saturated rings. The fraction of sp³-hybridized carbons (Fsp3) is 0.467. The van der Waals surface area contributed by atoms with Gasteiger partial charge in [-0.15, -0.1) is 0 Å². The lowest BCUT2D eigenvalue weighted by molar-refractivity contribution is -0.119. The fourth-order valence-corrected chi connectivity index (χ4v) is 1.88. The van der Waals surface area contributed by atoms with Crippen LogP contribution in [-0.2, 0) is 9.59 Å². The summed E-state index contributed by atoms with van der Waals surface area (Å²) in [5.41, 5.74) is 0.655. The Kier molecular flexibility index (Phi) is 7.25. The van der Waals surface area contributed by atoms with E-state index in [4.69, 9.17) is 4.74 Å². The van der Waals surface area contributed by atoms with E-state index in [9.17, 15) is 9.59 Å². The number of hydrogen-bond acceptors (Lipinski definition) is 4. The normalized spacial score (nSPS) is 10.3. The number of amides is 2. The predicted octanol–water partition coefficient (Wildman–Crippen LogP) is 1.09. The van der Waals surface area contributed by atoms with Crippen molar-refractivity contribution in [1.82, 2.24) is 10.2 Å². The molecular formula is C15H23N3O3. The lowest BCUT2D eigenvalue weighted by Crippen LogP contribution is -2.38. The lowest BCUT2D eigenvalue weighted by Gasteiger charge is -2.20. The molecule has 0 heterocycles. The molecule has 6 heteroatoms. The number of benzene rings is 1. The quantitative estimate of drug-likeness (QED) is 0.753. The van der Waals surface area contributed by atoms with Crippen molar-refractivity contribution in [2.24, 2.45) is 0 Å². The summed E-state index contributed by atoms with van der Waals surface area (Å²) in [6.07, 6.45) is 0. The number of likely N-dealkylation sites (N-methyl/N-ethyl adjacent to an activating group) is 1. The molecule has 0 aromatic heterocycles. The molecular weight excluding hydrogens is 270 g/mol. The Balaban J connectivity index is 2.48. The van der Waals surface area contributed by atoms with E-state index in [1.165, 1.54) is 6.92 Å². The minimum absolute atomic E-state index is 0.0653. The van der Waals surface area contributed by atoms with Crippen LogP contribution in [0, 0.1) is 0 Å². The highest BCUT2D eigenvalue weighted by Crippen LogP contribution is 2.22. The van der Waals surface area contributed by atoms with Crippen LogP contribution in [0.4, 0.5) is 5.69 Å². The first-order chi connectivity index (χ1) is 10.1. The van der Waals surface area contributed by atoms with Gasteiger partial charge in [-0.1, -0.05) is 19.1 Å². The van der Waals surface area contributed by atoms with Gasteiger partial charge in [0, 0.05) is 20.0 Å². The Hall–Kier alpha value is -2.08. The molecule has 0 aliphatic carbocycles. The van der Waals surface area contributed by atoms with Gasteiger partial charge in [0.1, 0.15) is 5.75 Å². The van der Waals surface area contributed by atoms with E-state index in [0.717, 1.165) is 6.54 Å². The molecule has 0 unspecified atom stereocenters. The van der Waals surface area contributed by atoms with Crippen LogP contribution in [0.5, 0.6) is 5.75 Å². The van der Waals surface area contributed by atoms with Gasteiger partial charge in [-0.25, -0.2) is 0 Å². The van der Waals surface area contributed by atoms with Crippen molar-refractivity contribution in [2.75, 3.05) is 38.6 Å². The van der Waals surface area contributed by atoms with Crippen LogP contribution in [0.25, 0.3) is 0 Å². The number of rotatable bonds is 8. The van der Waals surface area contributed by atoms with E-state index in [-0.39, 0.29) is 18.4 Å². The second-order valence-electron chi connectivity index (χ2n) is 4.60. The van der Waals surface area contributed by atoms with E-state index in [1.807, 2.05) is 24.0 Å². The maximum absolute atomic E-state index is 12.1. The minimum atomic E-state index is -0.107. The van der Waals surface area contributed by atoms with Gasteiger partial charge in [0.2, 0.25) is 11.8 Å². The molecule has 0 saturated carbocycles. The van der Waals surface area contributed by atoms with Gasteiger partial charge < -0.3 is 15.4 Å². The van der Waals surface area contributed by atoms with Crippen molar-refractivity contribution in [2.45, 2.75) is 13.8 Å². The standard InChI is InChI=1S/C15H23N3O3/c1-4-18(10-9-16-12(2)19)11-15(20)17-13-7-5-6-8-14(13)21-3/h5-8H,4,9-11H2,1-3H3,(H,16,19)(H,17,20). The highest BCUT2D eigenvalue weighted by Gasteiger charge is 2.11. The van der Waals surface area contributed by atoms with E-state index in [2.05, 4.69) is 10.6 Å². The largest absolute Gasteiger partial charge is 0.495 e. The Morgan fingerprint density at radius 1 is 1.29 bits per heavy atom. The Morgan fingerprint density at radius 2 is 2.00 bits per heavy atom. The molecule has 6 nitrogen and oxygen atoms in total. The first-order valence-corrected chi connectivity index (χ1v) is 6.96. The number of para-hydroxylation sites is 2. The molecule has 0 atom stereocenters. The van der Waals surface area contributed by atoms with E-state index < -0.39 is 0 Å². The number of carbonyl (C=O) groups excluding carboxylic acids is 2. The van der Waals surface area contributed by atoms with Crippen molar-refractivity contribution in [3.05, 3.63) is 24.3 Å². The first-order valence-electron chi connectivity index (χ1n) is 6.96. The number of ether oxygens (including phenoxy) is 1. The third-order valence-corrected chi connectivity index (χ3v) is 3.00. The second-order valence-corrected chi connectivity index (χ2v) is 4.60.